The SMILES string of the molecule is Cn1ccnc1[C@@H]([NH2+]C[C@H]1O[C@@H](n2ccc(=O)[nH]c2=O)C[C@@H]1O)c1ccccc1. The van der Waals surface area contributed by atoms with E-state index in [-0.39, 0.29) is 12.5 Å². The number of aromatic nitrogens is 4. The summed E-state index contributed by atoms with van der Waals surface area (Å²) in [6, 6.07) is 11.2. The molecule has 0 bridgehead atoms. The Morgan fingerprint density at radius 2 is 2.07 bits per heavy atom. The molecule has 4 rings (SSSR count). The molecule has 0 radical (unpaired) electrons. The van der Waals surface area contributed by atoms with Gasteiger partial charge in [-0.25, -0.2) is 9.78 Å². The fourth-order valence-corrected chi connectivity index (χ4v) is 3.75. The van der Waals surface area contributed by atoms with Crippen molar-refractivity contribution in [1.82, 2.24) is 19.1 Å². The van der Waals surface area contributed by atoms with Crippen LogP contribution < -0.4 is 16.6 Å². The fraction of sp³-hybridized carbons (Fsp3) is 0.350. The van der Waals surface area contributed by atoms with Gasteiger partial charge in [0.15, 0.2) is 11.9 Å². The van der Waals surface area contributed by atoms with Crippen LogP contribution in [0.4, 0.5) is 0 Å². The Labute approximate surface area is 166 Å². The third-order valence-electron chi connectivity index (χ3n) is 5.26. The molecule has 1 aliphatic rings. The van der Waals surface area contributed by atoms with Gasteiger partial charge in [-0.05, 0) is 0 Å². The summed E-state index contributed by atoms with van der Waals surface area (Å²) in [5, 5.41) is 12.6. The van der Waals surface area contributed by atoms with Crippen LogP contribution in [0.5, 0.6) is 0 Å². The molecule has 0 unspecified atom stereocenters. The van der Waals surface area contributed by atoms with E-state index < -0.39 is 29.7 Å². The Morgan fingerprint density at radius 1 is 1.28 bits per heavy atom. The molecule has 3 heterocycles. The molecule has 0 saturated carbocycles. The first-order valence-corrected chi connectivity index (χ1v) is 9.53. The summed E-state index contributed by atoms with van der Waals surface area (Å²) >= 11 is 0. The number of aliphatic hydroxyl groups is 1. The molecule has 1 saturated heterocycles. The number of benzene rings is 1. The zero-order valence-electron chi connectivity index (χ0n) is 16.0. The van der Waals surface area contributed by atoms with Gasteiger partial charge >= 0.3 is 5.69 Å². The number of nitrogens with two attached hydrogens (primary N) is 1. The van der Waals surface area contributed by atoms with Crippen LogP contribution in [0.15, 0.2) is 64.6 Å². The summed E-state index contributed by atoms with van der Waals surface area (Å²) in [5.41, 5.74) is 0.0904. The Morgan fingerprint density at radius 3 is 2.76 bits per heavy atom. The Hall–Kier alpha value is -3.01. The predicted octanol–water partition coefficient (Wildman–Crippen LogP) is -0.728. The van der Waals surface area contributed by atoms with Crippen LogP contribution in [0, 0.1) is 0 Å². The summed E-state index contributed by atoms with van der Waals surface area (Å²) in [5.74, 6) is 0.900. The van der Waals surface area contributed by atoms with Gasteiger partial charge in [0.1, 0.15) is 18.9 Å². The topological polar surface area (TPSA) is 119 Å². The first kappa shape index (κ1) is 19.3. The maximum absolute atomic E-state index is 12.0. The van der Waals surface area contributed by atoms with Gasteiger partial charge in [-0.15, -0.1) is 0 Å². The molecule has 1 fully saturated rings. The number of imidazole rings is 1. The van der Waals surface area contributed by atoms with Gasteiger partial charge in [-0.3, -0.25) is 14.3 Å². The van der Waals surface area contributed by atoms with E-state index in [9.17, 15) is 14.7 Å². The van der Waals surface area contributed by atoms with Crippen molar-refractivity contribution in [3.63, 3.8) is 0 Å². The lowest BCUT2D eigenvalue weighted by atomic mass is 10.1. The van der Waals surface area contributed by atoms with E-state index in [0.717, 1.165) is 11.4 Å². The maximum Gasteiger partial charge on any atom is 0.330 e. The van der Waals surface area contributed by atoms with Crippen molar-refractivity contribution in [3.8, 4) is 0 Å². The zero-order valence-corrected chi connectivity index (χ0v) is 16.0. The van der Waals surface area contributed by atoms with Crippen molar-refractivity contribution in [2.45, 2.75) is 30.9 Å². The number of aliphatic hydroxyl groups excluding tert-OH is 1. The van der Waals surface area contributed by atoms with E-state index in [1.54, 1.807) is 6.20 Å². The summed E-state index contributed by atoms with van der Waals surface area (Å²) in [6.07, 6.45) is 3.56. The number of quaternary nitrogens is 1. The molecule has 4 N–H and O–H groups in total. The molecule has 0 aliphatic carbocycles. The number of rotatable bonds is 6. The third kappa shape index (κ3) is 4.07. The normalized spacial score (nSPS) is 22.6. The lowest BCUT2D eigenvalue weighted by Gasteiger charge is -2.20. The largest absolute Gasteiger partial charge is 0.390 e. The van der Waals surface area contributed by atoms with Crippen molar-refractivity contribution < 1.29 is 15.2 Å². The molecule has 3 aromatic rings. The highest BCUT2D eigenvalue weighted by molar-refractivity contribution is 5.22. The van der Waals surface area contributed by atoms with Crippen molar-refractivity contribution in [2.24, 2.45) is 7.05 Å². The number of hydrogen-bond donors (Lipinski definition) is 3. The number of aromatic amines is 1. The van der Waals surface area contributed by atoms with Crippen molar-refractivity contribution in [2.75, 3.05) is 6.54 Å². The molecule has 2 aromatic heterocycles. The second-order valence-corrected chi connectivity index (χ2v) is 7.21. The average Bonchev–Trinajstić information content (AvgIpc) is 3.29. The van der Waals surface area contributed by atoms with Crippen LogP contribution in [0.1, 0.15) is 30.1 Å². The molecule has 29 heavy (non-hydrogen) atoms. The van der Waals surface area contributed by atoms with Gasteiger partial charge in [0.25, 0.3) is 5.56 Å². The molecule has 152 valence electrons. The molecule has 4 atom stereocenters. The molecule has 1 aromatic carbocycles. The van der Waals surface area contributed by atoms with Gasteiger partial charge < -0.3 is 19.7 Å². The Balaban J connectivity index is 1.50. The highest BCUT2D eigenvalue weighted by atomic mass is 16.5. The lowest BCUT2D eigenvalue weighted by molar-refractivity contribution is -0.694. The highest BCUT2D eigenvalue weighted by Gasteiger charge is 2.37. The van der Waals surface area contributed by atoms with Crippen molar-refractivity contribution >= 4 is 0 Å². The van der Waals surface area contributed by atoms with Crippen LogP contribution >= 0.6 is 0 Å². The molecular formula is C20H24N5O4+. The van der Waals surface area contributed by atoms with Gasteiger partial charge in [0.05, 0.1) is 6.10 Å². The monoisotopic (exact) mass is 398 g/mol. The minimum atomic E-state index is -0.715. The molecule has 9 heteroatoms. The number of nitrogens with one attached hydrogen (secondary N) is 1. The second-order valence-electron chi connectivity index (χ2n) is 7.21. The van der Waals surface area contributed by atoms with Gasteiger partial charge in [0, 0.05) is 43.7 Å². The number of aryl methyl sites for hydroxylation is 1. The van der Waals surface area contributed by atoms with Crippen molar-refractivity contribution in [1.29, 1.82) is 0 Å². The number of H-pyrrole nitrogens is 1. The minimum absolute atomic E-state index is 0.0538. The molecule has 0 spiro atoms. The second kappa shape index (κ2) is 8.16. The first-order chi connectivity index (χ1) is 14.0. The molecule has 9 nitrogen and oxygen atoms in total. The van der Waals surface area contributed by atoms with Gasteiger partial charge in [-0.1, -0.05) is 30.3 Å². The summed E-state index contributed by atoms with van der Waals surface area (Å²) in [7, 11) is 1.95. The number of nitrogens with zero attached hydrogens (tertiary/aromatic N) is 3. The third-order valence-corrected chi connectivity index (χ3v) is 5.26. The smallest absolute Gasteiger partial charge is 0.330 e. The summed E-state index contributed by atoms with van der Waals surface area (Å²) in [6.45, 7) is 0.488. The highest BCUT2D eigenvalue weighted by Crippen LogP contribution is 2.27. The maximum atomic E-state index is 12.0. The average molecular weight is 398 g/mol. The molecular weight excluding hydrogens is 374 g/mol. The summed E-state index contributed by atoms with van der Waals surface area (Å²) in [4.78, 5) is 30.0. The van der Waals surface area contributed by atoms with E-state index in [0.29, 0.717) is 6.54 Å². The zero-order chi connectivity index (χ0) is 20.4. The van der Waals surface area contributed by atoms with Crippen LogP contribution in [0.25, 0.3) is 0 Å². The van der Waals surface area contributed by atoms with Gasteiger partial charge in [-0.2, -0.15) is 0 Å². The lowest BCUT2D eigenvalue weighted by Crippen LogP contribution is -2.88. The number of hydrogen-bond acceptors (Lipinski definition) is 5. The standard InChI is InChI=1S/C20H23N5O4/c1-24-10-8-21-19(24)18(13-5-3-2-4-6-13)22-12-15-14(26)11-17(29-15)25-9-7-16(27)23-20(25)28/h2-10,14-15,17-18,22,26H,11-12H2,1H3,(H,23,27,28)/p+1/t14-,15+,17+,18-/m0/s1. The summed E-state index contributed by atoms with van der Waals surface area (Å²) < 4.78 is 9.23. The fourth-order valence-electron chi connectivity index (χ4n) is 3.75. The van der Waals surface area contributed by atoms with E-state index in [1.165, 1.54) is 16.8 Å². The van der Waals surface area contributed by atoms with Gasteiger partial charge in [0.2, 0.25) is 0 Å². The van der Waals surface area contributed by atoms with Crippen LogP contribution in [0.2, 0.25) is 0 Å². The van der Waals surface area contributed by atoms with E-state index in [1.807, 2.05) is 48.1 Å². The number of ether oxygens (including phenoxy) is 1. The van der Waals surface area contributed by atoms with E-state index in [4.69, 9.17) is 4.74 Å². The molecule has 0 amide bonds. The van der Waals surface area contributed by atoms with Crippen LogP contribution in [0.3, 0.4) is 0 Å². The van der Waals surface area contributed by atoms with Crippen molar-refractivity contribution in [3.05, 3.63) is 87.2 Å². The van der Waals surface area contributed by atoms with Crippen LogP contribution in [-0.2, 0) is 11.8 Å². The van der Waals surface area contributed by atoms with E-state index in [2.05, 4.69) is 15.3 Å². The minimum Gasteiger partial charge on any atom is -0.390 e. The first-order valence-electron chi connectivity index (χ1n) is 9.53. The molecule has 1 aliphatic heterocycles. The van der Waals surface area contributed by atoms with E-state index >= 15 is 0 Å². The predicted molar refractivity (Wildman–Crippen MR) is 104 cm³/mol. The quantitative estimate of drug-likeness (QED) is 0.506. The Kier molecular flexibility index (Phi) is 5.43. The Bertz CT molecular complexity index is 1070. The van der Waals surface area contributed by atoms with Crippen LogP contribution in [-0.4, -0.2) is 43.0 Å².